The van der Waals surface area contributed by atoms with Crippen molar-refractivity contribution in [2.75, 3.05) is 13.7 Å². The number of imide groups is 1. The summed E-state index contributed by atoms with van der Waals surface area (Å²) in [6.45, 7) is -0.487. The Kier molecular flexibility index (Phi) is 5.29. The molecule has 0 radical (unpaired) electrons. The Morgan fingerprint density at radius 3 is 2.73 bits per heavy atom. The molecule has 0 aromatic heterocycles. The van der Waals surface area contributed by atoms with Gasteiger partial charge in [-0.25, -0.2) is 4.79 Å². The lowest BCUT2D eigenvalue weighted by Crippen LogP contribution is -2.17. The van der Waals surface area contributed by atoms with E-state index in [0.717, 1.165) is 11.8 Å². The van der Waals surface area contributed by atoms with Gasteiger partial charge < -0.3 is 14.6 Å². The lowest BCUT2D eigenvalue weighted by Gasteiger charge is -2.12. The number of halogens is 1. The molecule has 1 fully saturated rings. The molecule has 1 heterocycles. The van der Waals surface area contributed by atoms with Crippen molar-refractivity contribution in [3.63, 3.8) is 0 Å². The van der Waals surface area contributed by atoms with Crippen molar-refractivity contribution in [3.05, 3.63) is 26.2 Å². The van der Waals surface area contributed by atoms with Gasteiger partial charge in [0.2, 0.25) is 0 Å². The van der Waals surface area contributed by atoms with Crippen LogP contribution in [-0.2, 0) is 9.59 Å². The molecule has 1 saturated heterocycles. The number of ether oxygens (including phenoxy) is 2. The van der Waals surface area contributed by atoms with Crippen LogP contribution < -0.4 is 14.8 Å². The molecule has 0 atom stereocenters. The van der Waals surface area contributed by atoms with Gasteiger partial charge in [-0.3, -0.25) is 14.9 Å². The molecule has 1 aromatic carbocycles. The fourth-order valence-corrected chi connectivity index (χ4v) is 3.13. The Labute approximate surface area is 143 Å². The summed E-state index contributed by atoms with van der Waals surface area (Å²) >= 11 is 2.79. The third-order valence-electron chi connectivity index (χ3n) is 2.53. The number of carbonyl (C=O) groups excluding carboxylic acids is 2. The highest BCUT2D eigenvalue weighted by Gasteiger charge is 2.25. The van der Waals surface area contributed by atoms with Gasteiger partial charge in [-0.15, -0.1) is 0 Å². The minimum atomic E-state index is -1.10. The molecule has 2 N–H and O–H groups in total. The molecule has 116 valence electrons. The topological polar surface area (TPSA) is 102 Å². The summed E-state index contributed by atoms with van der Waals surface area (Å²) < 4.78 is 11.0. The van der Waals surface area contributed by atoms with Gasteiger partial charge in [0.15, 0.2) is 18.1 Å². The molecule has 0 spiro atoms. The van der Waals surface area contributed by atoms with E-state index in [1.165, 1.54) is 7.11 Å². The lowest BCUT2D eigenvalue weighted by atomic mass is 10.2. The van der Waals surface area contributed by atoms with Crippen molar-refractivity contribution in [2.24, 2.45) is 0 Å². The van der Waals surface area contributed by atoms with Gasteiger partial charge in [-0.1, -0.05) is 0 Å². The van der Waals surface area contributed by atoms with Crippen LogP contribution in [0.3, 0.4) is 0 Å². The highest BCUT2D eigenvalue weighted by Crippen LogP contribution is 2.35. The first kappa shape index (κ1) is 16.6. The normalized spacial score (nSPS) is 15.8. The van der Waals surface area contributed by atoms with E-state index in [1.807, 2.05) is 22.6 Å². The van der Waals surface area contributed by atoms with Crippen LogP contribution in [0.4, 0.5) is 4.79 Å². The molecule has 1 aliphatic heterocycles. The molecule has 9 heteroatoms. The number of carbonyl (C=O) groups is 3. The highest BCUT2D eigenvalue weighted by molar-refractivity contribution is 14.1. The second-order valence-electron chi connectivity index (χ2n) is 4.07. The molecule has 0 aliphatic carbocycles. The maximum Gasteiger partial charge on any atom is 0.341 e. The van der Waals surface area contributed by atoms with Crippen molar-refractivity contribution in [2.45, 2.75) is 0 Å². The molecule has 1 aromatic rings. The van der Waals surface area contributed by atoms with Crippen LogP contribution in [0.1, 0.15) is 5.56 Å². The maximum absolute atomic E-state index is 11.5. The van der Waals surface area contributed by atoms with Crippen molar-refractivity contribution in [1.29, 1.82) is 0 Å². The van der Waals surface area contributed by atoms with Crippen molar-refractivity contribution in [1.82, 2.24) is 5.32 Å². The monoisotopic (exact) mass is 435 g/mol. The number of nitrogens with one attached hydrogen (secondary N) is 1. The van der Waals surface area contributed by atoms with E-state index in [9.17, 15) is 14.4 Å². The molecule has 7 nitrogen and oxygen atoms in total. The average molecular weight is 435 g/mol. The van der Waals surface area contributed by atoms with E-state index >= 15 is 0 Å². The van der Waals surface area contributed by atoms with E-state index in [-0.39, 0.29) is 4.91 Å². The van der Waals surface area contributed by atoms with Crippen molar-refractivity contribution >= 4 is 57.5 Å². The standard InChI is InChI=1S/C13H10INO6S/c1-20-8-3-6(4-9-12(18)15-13(19)22-9)2-7(14)11(8)21-5-10(16)17/h2-4H,5H2,1H3,(H,16,17)(H,15,18,19)/b9-4+. The van der Waals surface area contributed by atoms with Gasteiger partial charge in [0.25, 0.3) is 11.1 Å². The number of carboxylic acids is 1. The molecule has 0 unspecified atom stereocenters. The first-order valence-corrected chi connectivity index (χ1v) is 7.77. The molecule has 0 saturated carbocycles. The minimum absolute atomic E-state index is 0.280. The largest absolute Gasteiger partial charge is 0.493 e. The summed E-state index contributed by atoms with van der Waals surface area (Å²) in [4.78, 5) is 33.5. The zero-order valence-corrected chi connectivity index (χ0v) is 14.2. The lowest BCUT2D eigenvalue weighted by molar-refractivity contribution is -0.139. The van der Waals surface area contributed by atoms with Crippen LogP contribution >= 0.6 is 34.4 Å². The smallest absolute Gasteiger partial charge is 0.341 e. The van der Waals surface area contributed by atoms with E-state index in [2.05, 4.69) is 5.32 Å². The number of hydrogen-bond acceptors (Lipinski definition) is 6. The molecule has 2 rings (SSSR count). The summed E-state index contributed by atoms with van der Waals surface area (Å²) in [5, 5.41) is 10.4. The third-order valence-corrected chi connectivity index (χ3v) is 4.14. The first-order valence-electron chi connectivity index (χ1n) is 5.87. The third kappa shape index (κ3) is 3.91. The number of thioether (sulfide) groups is 1. The maximum atomic E-state index is 11.5. The Bertz CT molecular complexity index is 687. The molecule has 1 aliphatic rings. The molecular formula is C13H10INO6S. The van der Waals surface area contributed by atoms with Gasteiger partial charge >= 0.3 is 5.97 Å². The zero-order valence-electron chi connectivity index (χ0n) is 11.2. The van der Waals surface area contributed by atoms with Gasteiger partial charge in [0, 0.05) is 0 Å². The number of amides is 2. The molecule has 2 amide bonds. The number of methoxy groups -OCH3 is 1. The number of rotatable bonds is 5. The Morgan fingerprint density at radius 1 is 1.45 bits per heavy atom. The molecule has 22 heavy (non-hydrogen) atoms. The summed E-state index contributed by atoms with van der Waals surface area (Å²) in [6.07, 6.45) is 1.55. The van der Waals surface area contributed by atoms with Crippen LogP contribution in [-0.4, -0.2) is 35.9 Å². The number of aliphatic carboxylic acids is 1. The first-order chi connectivity index (χ1) is 10.4. The van der Waals surface area contributed by atoms with Gasteiger partial charge in [-0.05, 0) is 58.1 Å². The summed E-state index contributed by atoms with van der Waals surface area (Å²) in [5.74, 6) is -0.890. The summed E-state index contributed by atoms with van der Waals surface area (Å²) in [7, 11) is 1.43. The second kappa shape index (κ2) is 7.01. The fraction of sp³-hybridized carbons (Fsp3) is 0.154. The van der Waals surface area contributed by atoms with Crippen LogP contribution in [0.5, 0.6) is 11.5 Å². The van der Waals surface area contributed by atoms with Gasteiger partial charge in [0.05, 0.1) is 15.6 Å². The van der Waals surface area contributed by atoms with Crippen LogP contribution in [0.15, 0.2) is 17.0 Å². The second-order valence-corrected chi connectivity index (χ2v) is 6.25. The van der Waals surface area contributed by atoms with Crippen LogP contribution in [0.2, 0.25) is 0 Å². The van der Waals surface area contributed by atoms with E-state index < -0.39 is 23.7 Å². The predicted octanol–water partition coefficient (Wildman–Crippen LogP) is 2.09. The highest BCUT2D eigenvalue weighted by atomic mass is 127. The summed E-state index contributed by atoms with van der Waals surface area (Å²) in [5.41, 5.74) is 0.635. The average Bonchev–Trinajstić information content (AvgIpc) is 2.74. The Hall–Kier alpha value is -1.75. The number of hydrogen-bond donors (Lipinski definition) is 2. The van der Waals surface area contributed by atoms with Crippen LogP contribution in [0, 0.1) is 3.57 Å². The van der Waals surface area contributed by atoms with E-state index in [0.29, 0.717) is 20.6 Å². The Balaban J connectivity index is 2.33. The predicted molar refractivity (Wildman–Crippen MR) is 87.9 cm³/mol. The molecule has 0 bridgehead atoms. The van der Waals surface area contributed by atoms with Crippen molar-refractivity contribution in [3.8, 4) is 11.5 Å². The summed E-state index contributed by atoms with van der Waals surface area (Å²) in [6, 6.07) is 3.30. The Morgan fingerprint density at radius 2 is 2.18 bits per heavy atom. The van der Waals surface area contributed by atoms with Crippen LogP contribution in [0.25, 0.3) is 6.08 Å². The zero-order chi connectivity index (χ0) is 16.3. The van der Waals surface area contributed by atoms with E-state index in [4.69, 9.17) is 14.6 Å². The quantitative estimate of drug-likeness (QED) is 0.540. The van der Waals surface area contributed by atoms with E-state index in [1.54, 1.807) is 18.2 Å². The van der Waals surface area contributed by atoms with Crippen molar-refractivity contribution < 1.29 is 29.0 Å². The fourth-order valence-electron chi connectivity index (χ4n) is 1.67. The minimum Gasteiger partial charge on any atom is -0.493 e. The SMILES string of the molecule is COc1cc(/C=C2/SC(=O)NC2=O)cc(I)c1OCC(=O)O. The number of carboxylic acid groups (broad SMARTS) is 1. The van der Waals surface area contributed by atoms with Gasteiger partial charge in [-0.2, -0.15) is 0 Å². The molecular weight excluding hydrogens is 425 g/mol. The number of benzene rings is 1. The van der Waals surface area contributed by atoms with Gasteiger partial charge in [0.1, 0.15) is 0 Å².